The lowest BCUT2D eigenvalue weighted by atomic mass is 9.95. The third-order valence-corrected chi connectivity index (χ3v) is 4.85. The van der Waals surface area contributed by atoms with E-state index in [9.17, 15) is 9.59 Å². The quantitative estimate of drug-likeness (QED) is 0.753. The largest absolute Gasteiger partial charge is 0.349 e. The fourth-order valence-corrected chi connectivity index (χ4v) is 3.31. The fourth-order valence-electron chi connectivity index (χ4n) is 3.31. The van der Waals surface area contributed by atoms with Crippen LogP contribution in [0.2, 0.25) is 0 Å². The lowest BCUT2D eigenvalue weighted by Gasteiger charge is -2.23. The van der Waals surface area contributed by atoms with Gasteiger partial charge in [0.25, 0.3) is 5.91 Å². The summed E-state index contributed by atoms with van der Waals surface area (Å²) in [4.78, 5) is 28.6. The highest BCUT2D eigenvalue weighted by molar-refractivity contribution is 5.96. The zero-order valence-electron chi connectivity index (χ0n) is 15.6. The van der Waals surface area contributed by atoms with Crippen LogP contribution >= 0.6 is 0 Å². The molecule has 3 N–H and O–H groups in total. The Hall–Kier alpha value is -2.89. The number of nitrogens with one attached hydrogen (secondary N) is 3. The molecule has 0 bridgehead atoms. The van der Waals surface area contributed by atoms with Crippen molar-refractivity contribution in [3.05, 3.63) is 59.4 Å². The maximum atomic E-state index is 12.4. The SMILES string of the molecule is Cc1cc(C(=O)NC2CCCCC2)ccc1NC(=O)NCc1cccnc1. The minimum atomic E-state index is -0.290. The van der Waals surface area contributed by atoms with E-state index in [4.69, 9.17) is 0 Å². The minimum absolute atomic E-state index is 0.0439. The normalized spacial score (nSPS) is 14.4. The topological polar surface area (TPSA) is 83.1 Å². The summed E-state index contributed by atoms with van der Waals surface area (Å²) in [5.74, 6) is -0.0439. The summed E-state index contributed by atoms with van der Waals surface area (Å²) in [6, 6.07) is 9.06. The van der Waals surface area contributed by atoms with Crippen molar-refractivity contribution in [1.82, 2.24) is 15.6 Å². The van der Waals surface area contributed by atoms with Crippen LogP contribution in [0.4, 0.5) is 10.5 Å². The Morgan fingerprint density at radius 1 is 1.15 bits per heavy atom. The number of rotatable bonds is 5. The van der Waals surface area contributed by atoms with E-state index in [2.05, 4.69) is 20.9 Å². The van der Waals surface area contributed by atoms with Crippen molar-refractivity contribution in [2.24, 2.45) is 0 Å². The van der Waals surface area contributed by atoms with E-state index in [1.807, 2.05) is 25.1 Å². The zero-order valence-corrected chi connectivity index (χ0v) is 15.6. The molecule has 0 atom stereocenters. The van der Waals surface area contributed by atoms with Gasteiger partial charge in [0.05, 0.1) is 0 Å². The number of urea groups is 1. The number of nitrogens with zero attached hydrogens (tertiary/aromatic N) is 1. The van der Waals surface area contributed by atoms with Gasteiger partial charge in [-0.2, -0.15) is 0 Å². The summed E-state index contributed by atoms with van der Waals surface area (Å²) < 4.78 is 0. The minimum Gasteiger partial charge on any atom is -0.349 e. The predicted molar refractivity (Wildman–Crippen MR) is 106 cm³/mol. The van der Waals surface area contributed by atoms with E-state index >= 15 is 0 Å². The highest BCUT2D eigenvalue weighted by Crippen LogP contribution is 2.20. The molecule has 3 amide bonds. The number of benzene rings is 1. The molecular weight excluding hydrogens is 340 g/mol. The van der Waals surface area contributed by atoms with Crippen LogP contribution in [0, 0.1) is 6.92 Å². The number of carbonyl (C=O) groups is 2. The maximum absolute atomic E-state index is 12.4. The molecule has 27 heavy (non-hydrogen) atoms. The molecule has 142 valence electrons. The van der Waals surface area contributed by atoms with Gasteiger partial charge in [0.1, 0.15) is 0 Å². The van der Waals surface area contributed by atoms with Crippen molar-refractivity contribution in [1.29, 1.82) is 0 Å². The molecule has 3 rings (SSSR count). The lowest BCUT2D eigenvalue weighted by Crippen LogP contribution is -2.36. The first-order valence-corrected chi connectivity index (χ1v) is 9.47. The van der Waals surface area contributed by atoms with Crippen molar-refractivity contribution in [2.75, 3.05) is 5.32 Å². The molecule has 1 heterocycles. The van der Waals surface area contributed by atoms with E-state index in [1.165, 1.54) is 19.3 Å². The molecule has 1 aromatic carbocycles. The molecule has 0 spiro atoms. The first-order chi connectivity index (χ1) is 13.1. The number of aryl methyl sites for hydroxylation is 1. The number of aromatic nitrogens is 1. The fraction of sp³-hybridized carbons (Fsp3) is 0.381. The number of hydrogen-bond acceptors (Lipinski definition) is 3. The van der Waals surface area contributed by atoms with Crippen LogP contribution in [0.3, 0.4) is 0 Å². The summed E-state index contributed by atoms with van der Waals surface area (Å²) in [5.41, 5.74) is 3.09. The Balaban J connectivity index is 1.54. The van der Waals surface area contributed by atoms with Crippen LogP contribution in [0.15, 0.2) is 42.7 Å². The molecule has 2 aromatic rings. The van der Waals surface area contributed by atoms with Gasteiger partial charge < -0.3 is 16.0 Å². The molecule has 1 saturated carbocycles. The van der Waals surface area contributed by atoms with Crippen LogP contribution < -0.4 is 16.0 Å². The van der Waals surface area contributed by atoms with Crippen molar-refractivity contribution in [2.45, 2.75) is 51.6 Å². The van der Waals surface area contributed by atoms with Gasteiger partial charge in [0.2, 0.25) is 0 Å². The molecule has 0 saturated heterocycles. The van der Waals surface area contributed by atoms with Gasteiger partial charge in [-0.25, -0.2) is 4.79 Å². The number of anilines is 1. The standard InChI is InChI=1S/C21H26N4O2/c1-15-12-17(20(26)24-18-7-3-2-4-8-18)9-10-19(15)25-21(27)23-14-16-6-5-11-22-13-16/h5-6,9-13,18H,2-4,7-8,14H2,1H3,(H,24,26)(H2,23,25,27). The van der Waals surface area contributed by atoms with E-state index in [1.54, 1.807) is 24.5 Å². The Bertz CT molecular complexity index is 786. The second kappa shape index (κ2) is 9.16. The highest BCUT2D eigenvalue weighted by Gasteiger charge is 2.17. The molecule has 0 unspecified atom stereocenters. The second-order valence-corrected chi connectivity index (χ2v) is 7.01. The smallest absolute Gasteiger partial charge is 0.319 e. The van der Waals surface area contributed by atoms with Gasteiger partial charge >= 0.3 is 6.03 Å². The molecule has 1 aromatic heterocycles. The van der Waals surface area contributed by atoms with Crippen molar-refractivity contribution in [3.63, 3.8) is 0 Å². The van der Waals surface area contributed by atoms with Crippen LogP contribution in [0.1, 0.15) is 53.6 Å². The summed E-state index contributed by atoms with van der Waals surface area (Å²) in [6.45, 7) is 2.29. The Kier molecular flexibility index (Phi) is 6.41. The Morgan fingerprint density at radius 3 is 2.67 bits per heavy atom. The number of hydrogen-bond donors (Lipinski definition) is 3. The molecule has 6 nitrogen and oxygen atoms in total. The van der Waals surface area contributed by atoms with Gasteiger partial charge in [-0.3, -0.25) is 9.78 Å². The van der Waals surface area contributed by atoms with Crippen molar-refractivity contribution in [3.8, 4) is 0 Å². The monoisotopic (exact) mass is 366 g/mol. The zero-order chi connectivity index (χ0) is 19.1. The molecule has 0 radical (unpaired) electrons. The third kappa shape index (κ3) is 5.54. The maximum Gasteiger partial charge on any atom is 0.319 e. The average Bonchev–Trinajstić information content (AvgIpc) is 2.69. The second-order valence-electron chi connectivity index (χ2n) is 7.01. The van der Waals surface area contributed by atoms with E-state index < -0.39 is 0 Å². The summed E-state index contributed by atoms with van der Waals surface area (Å²) in [6.07, 6.45) is 9.14. The molecular formula is C21H26N4O2. The number of pyridine rings is 1. The van der Waals surface area contributed by atoms with Crippen LogP contribution in [-0.2, 0) is 6.54 Å². The summed E-state index contributed by atoms with van der Waals surface area (Å²) >= 11 is 0. The van der Waals surface area contributed by atoms with Crippen molar-refractivity contribution < 1.29 is 9.59 Å². The van der Waals surface area contributed by atoms with Crippen molar-refractivity contribution >= 4 is 17.6 Å². The molecule has 1 aliphatic rings. The van der Waals surface area contributed by atoms with Crippen LogP contribution in [0.25, 0.3) is 0 Å². The van der Waals surface area contributed by atoms with E-state index in [-0.39, 0.29) is 18.0 Å². The van der Waals surface area contributed by atoms with Gasteiger partial charge in [-0.15, -0.1) is 0 Å². The number of amides is 3. The molecule has 0 aliphatic heterocycles. The van der Waals surface area contributed by atoms with E-state index in [0.717, 1.165) is 24.0 Å². The molecule has 6 heteroatoms. The van der Waals surface area contributed by atoms with Gasteiger partial charge in [0.15, 0.2) is 0 Å². The molecule has 1 fully saturated rings. The highest BCUT2D eigenvalue weighted by atomic mass is 16.2. The summed E-state index contributed by atoms with van der Waals surface area (Å²) in [7, 11) is 0. The third-order valence-electron chi connectivity index (χ3n) is 4.85. The Labute approximate surface area is 159 Å². The first kappa shape index (κ1) is 18.9. The Morgan fingerprint density at radius 2 is 1.96 bits per heavy atom. The van der Waals surface area contributed by atoms with Crippen LogP contribution in [-0.4, -0.2) is 23.0 Å². The van der Waals surface area contributed by atoms with Gasteiger partial charge in [-0.05, 0) is 55.2 Å². The first-order valence-electron chi connectivity index (χ1n) is 9.47. The summed E-state index contributed by atoms with van der Waals surface area (Å²) in [5, 5.41) is 8.74. The lowest BCUT2D eigenvalue weighted by molar-refractivity contribution is 0.0927. The number of carbonyl (C=O) groups excluding carboxylic acids is 2. The average molecular weight is 366 g/mol. The van der Waals surface area contributed by atoms with Crippen LogP contribution in [0.5, 0.6) is 0 Å². The van der Waals surface area contributed by atoms with Gasteiger partial charge in [0, 0.05) is 36.2 Å². The predicted octanol–water partition coefficient (Wildman–Crippen LogP) is 3.77. The van der Waals surface area contributed by atoms with Gasteiger partial charge in [-0.1, -0.05) is 25.3 Å². The molecule has 1 aliphatic carbocycles. The van der Waals surface area contributed by atoms with E-state index in [0.29, 0.717) is 17.8 Å².